The minimum Gasteiger partial charge on any atom is -0.302 e. The van der Waals surface area contributed by atoms with Crippen molar-refractivity contribution >= 4 is 22.4 Å². The molecule has 0 unspecified atom stereocenters. The SMILES string of the molecule is CC(C)=C[C@H]1[C@@H](C(=O)Nc2nc3c(s2)CN(C)CC3)C1(C)C. The number of aromatic nitrogens is 1. The standard InChI is InChI=1S/C17H25N3OS/c1-10(2)8-11-14(17(11,3)4)15(21)19-16-18-12-6-7-20(5)9-13(12)22-16/h8,11,14H,6-7,9H2,1-5H3,(H,18,19,21)/t11-,14-/m0/s1. The van der Waals surface area contributed by atoms with Gasteiger partial charge in [-0.1, -0.05) is 25.5 Å². The lowest BCUT2D eigenvalue weighted by molar-refractivity contribution is -0.118. The maximum atomic E-state index is 12.6. The van der Waals surface area contributed by atoms with E-state index in [2.05, 4.69) is 56.0 Å². The van der Waals surface area contributed by atoms with Crippen molar-refractivity contribution in [3.8, 4) is 0 Å². The molecule has 3 rings (SSSR count). The lowest BCUT2D eigenvalue weighted by atomic mass is 10.1. The van der Waals surface area contributed by atoms with E-state index in [1.54, 1.807) is 11.3 Å². The summed E-state index contributed by atoms with van der Waals surface area (Å²) in [7, 11) is 2.12. The molecule has 1 amide bonds. The van der Waals surface area contributed by atoms with Gasteiger partial charge in [-0.2, -0.15) is 0 Å². The van der Waals surface area contributed by atoms with Gasteiger partial charge in [0.25, 0.3) is 0 Å². The minimum absolute atomic E-state index is 0.0540. The van der Waals surface area contributed by atoms with Crippen LogP contribution in [-0.4, -0.2) is 29.4 Å². The molecule has 2 heterocycles. The summed E-state index contributed by atoms with van der Waals surface area (Å²) in [5.41, 5.74) is 2.49. The number of carbonyl (C=O) groups excluding carboxylic acids is 1. The third kappa shape index (κ3) is 2.84. The smallest absolute Gasteiger partial charge is 0.230 e. The molecule has 0 spiro atoms. The van der Waals surface area contributed by atoms with Gasteiger partial charge in [0, 0.05) is 24.4 Å². The Morgan fingerprint density at radius 1 is 1.45 bits per heavy atom. The van der Waals surface area contributed by atoms with Crippen LogP contribution in [0.1, 0.15) is 38.3 Å². The molecule has 0 bridgehead atoms. The first-order valence-electron chi connectivity index (χ1n) is 7.92. The van der Waals surface area contributed by atoms with Gasteiger partial charge in [-0.15, -0.1) is 11.3 Å². The van der Waals surface area contributed by atoms with Crippen LogP contribution in [0.4, 0.5) is 5.13 Å². The Morgan fingerprint density at radius 3 is 2.86 bits per heavy atom. The Kier molecular flexibility index (Phi) is 3.89. The lowest BCUT2D eigenvalue weighted by Gasteiger charge is -2.20. The molecule has 0 aromatic carbocycles. The molecule has 4 nitrogen and oxygen atoms in total. The fourth-order valence-corrected chi connectivity index (χ4v) is 4.50. The zero-order valence-corrected chi connectivity index (χ0v) is 14.9. The number of amides is 1. The van der Waals surface area contributed by atoms with Crippen molar-refractivity contribution in [1.29, 1.82) is 0 Å². The van der Waals surface area contributed by atoms with Gasteiger partial charge >= 0.3 is 0 Å². The van der Waals surface area contributed by atoms with E-state index < -0.39 is 0 Å². The van der Waals surface area contributed by atoms with E-state index in [1.807, 2.05) is 0 Å². The number of allylic oxidation sites excluding steroid dienone is 2. The first-order chi connectivity index (χ1) is 10.3. The quantitative estimate of drug-likeness (QED) is 0.869. The fraction of sp³-hybridized carbons (Fsp3) is 0.647. The van der Waals surface area contributed by atoms with Crippen LogP contribution in [0.3, 0.4) is 0 Å². The summed E-state index contributed by atoms with van der Waals surface area (Å²) in [5.74, 6) is 0.524. The largest absolute Gasteiger partial charge is 0.302 e. The molecule has 1 aromatic rings. The number of carbonyl (C=O) groups is 1. The second kappa shape index (κ2) is 5.46. The third-order valence-electron chi connectivity index (χ3n) is 4.86. The van der Waals surface area contributed by atoms with E-state index in [9.17, 15) is 4.79 Å². The lowest BCUT2D eigenvalue weighted by Crippen LogP contribution is -2.25. The Morgan fingerprint density at radius 2 is 2.18 bits per heavy atom. The Balaban J connectivity index is 1.69. The second-order valence-electron chi connectivity index (χ2n) is 7.43. The summed E-state index contributed by atoms with van der Waals surface area (Å²) in [6.07, 6.45) is 3.21. The number of thiazole rings is 1. The van der Waals surface area contributed by atoms with Crippen LogP contribution in [0.25, 0.3) is 0 Å². The zero-order valence-electron chi connectivity index (χ0n) is 14.1. The van der Waals surface area contributed by atoms with Crippen molar-refractivity contribution in [2.75, 3.05) is 18.9 Å². The highest BCUT2D eigenvalue weighted by Crippen LogP contribution is 2.59. The molecular formula is C17H25N3OS. The first-order valence-corrected chi connectivity index (χ1v) is 8.73. The molecule has 0 saturated heterocycles. The number of hydrogen-bond donors (Lipinski definition) is 1. The molecule has 1 aromatic heterocycles. The van der Waals surface area contributed by atoms with Crippen LogP contribution in [0, 0.1) is 17.3 Å². The predicted molar refractivity (Wildman–Crippen MR) is 91.0 cm³/mol. The highest BCUT2D eigenvalue weighted by atomic mass is 32.1. The predicted octanol–water partition coefficient (Wildman–Crippen LogP) is 3.31. The molecule has 1 saturated carbocycles. The van der Waals surface area contributed by atoms with Crippen LogP contribution >= 0.6 is 11.3 Å². The zero-order chi connectivity index (χ0) is 16.1. The van der Waals surface area contributed by atoms with Crippen LogP contribution in [-0.2, 0) is 17.8 Å². The summed E-state index contributed by atoms with van der Waals surface area (Å²) in [4.78, 5) is 20.8. The van der Waals surface area contributed by atoms with E-state index in [1.165, 1.54) is 10.5 Å². The Hall–Kier alpha value is -1.20. The molecule has 120 valence electrons. The van der Waals surface area contributed by atoms with Crippen molar-refractivity contribution in [1.82, 2.24) is 9.88 Å². The summed E-state index contributed by atoms with van der Waals surface area (Å²) < 4.78 is 0. The number of anilines is 1. The van der Waals surface area contributed by atoms with Gasteiger partial charge in [0.15, 0.2) is 5.13 Å². The van der Waals surface area contributed by atoms with Gasteiger partial charge in [0.05, 0.1) is 11.6 Å². The molecular weight excluding hydrogens is 294 g/mol. The maximum Gasteiger partial charge on any atom is 0.230 e. The third-order valence-corrected chi connectivity index (χ3v) is 5.86. The summed E-state index contributed by atoms with van der Waals surface area (Å²) in [5, 5.41) is 3.82. The van der Waals surface area contributed by atoms with Crippen molar-refractivity contribution in [2.24, 2.45) is 17.3 Å². The highest BCUT2D eigenvalue weighted by Gasteiger charge is 2.60. The average molecular weight is 319 g/mol. The maximum absolute atomic E-state index is 12.6. The van der Waals surface area contributed by atoms with E-state index in [0.29, 0.717) is 5.92 Å². The molecule has 1 fully saturated rings. The summed E-state index contributed by atoms with van der Waals surface area (Å²) >= 11 is 1.63. The molecule has 1 aliphatic carbocycles. The van der Waals surface area contributed by atoms with E-state index >= 15 is 0 Å². The normalized spacial score (nSPS) is 26.2. The minimum atomic E-state index is 0.0540. The first kappa shape index (κ1) is 15.7. The highest BCUT2D eigenvalue weighted by molar-refractivity contribution is 7.15. The van der Waals surface area contributed by atoms with Crippen molar-refractivity contribution < 1.29 is 4.79 Å². The van der Waals surface area contributed by atoms with Crippen molar-refractivity contribution in [3.05, 3.63) is 22.2 Å². The average Bonchev–Trinajstić information content (AvgIpc) is 2.76. The van der Waals surface area contributed by atoms with Crippen LogP contribution in [0.2, 0.25) is 0 Å². The summed E-state index contributed by atoms with van der Waals surface area (Å²) in [6, 6.07) is 0. The molecule has 1 aliphatic heterocycles. The van der Waals surface area contributed by atoms with Gasteiger partial charge in [-0.25, -0.2) is 4.98 Å². The fourth-order valence-electron chi connectivity index (χ4n) is 3.41. The number of nitrogens with zero attached hydrogens (tertiary/aromatic N) is 2. The van der Waals surface area contributed by atoms with Gasteiger partial charge in [0.1, 0.15) is 0 Å². The van der Waals surface area contributed by atoms with E-state index in [4.69, 9.17) is 0 Å². The van der Waals surface area contributed by atoms with Crippen LogP contribution < -0.4 is 5.32 Å². The monoisotopic (exact) mass is 319 g/mol. The molecule has 22 heavy (non-hydrogen) atoms. The molecule has 1 N–H and O–H groups in total. The molecule has 2 atom stereocenters. The Labute approximate surface area is 136 Å². The van der Waals surface area contributed by atoms with E-state index in [-0.39, 0.29) is 17.2 Å². The van der Waals surface area contributed by atoms with Gasteiger partial charge in [0.2, 0.25) is 5.91 Å². The topological polar surface area (TPSA) is 45.2 Å². The van der Waals surface area contributed by atoms with Gasteiger partial charge < -0.3 is 10.2 Å². The molecule has 5 heteroatoms. The van der Waals surface area contributed by atoms with Crippen molar-refractivity contribution in [3.63, 3.8) is 0 Å². The summed E-state index contributed by atoms with van der Waals surface area (Å²) in [6.45, 7) is 10.5. The molecule has 2 aliphatic rings. The van der Waals surface area contributed by atoms with E-state index in [0.717, 1.165) is 30.3 Å². The van der Waals surface area contributed by atoms with Crippen LogP contribution in [0.5, 0.6) is 0 Å². The number of nitrogens with one attached hydrogen (secondary N) is 1. The van der Waals surface area contributed by atoms with Gasteiger partial charge in [-0.05, 0) is 32.2 Å². The number of likely N-dealkylation sites (N-methyl/N-ethyl adjacent to an activating group) is 1. The number of fused-ring (bicyclic) bond motifs is 1. The van der Waals surface area contributed by atoms with Crippen molar-refractivity contribution in [2.45, 2.75) is 40.7 Å². The Bertz CT molecular complexity index is 628. The number of rotatable bonds is 3. The molecule has 0 radical (unpaired) electrons. The second-order valence-corrected chi connectivity index (χ2v) is 8.52. The number of hydrogen-bond acceptors (Lipinski definition) is 4. The van der Waals surface area contributed by atoms with Gasteiger partial charge in [-0.3, -0.25) is 4.79 Å². The van der Waals surface area contributed by atoms with Crippen LogP contribution in [0.15, 0.2) is 11.6 Å².